The van der Waals surface area contributed by atoms with Crippen molar-refractivity contribution in [2.24, 2.45) is 10.9 Å². The third kappa shape index (κ3) is 5.59. The Balaban J connectivity index is 0.00000256. The molecule has 6 nitrogen and oxygen atoms in total. The fourth-order valence-corrected chi connectivity index (χ4v) is 5.19. The third-order valence-corrected chi connectivity index (χ3v) is 6.60. The number of ether oxygens (including phenoxy) is 2. The summed E-state index contributed by atoms with van der Waals surface area (Å²) in [5.74, 6) is 2.99. The summed E-state index contributed by atoms with van der Waals surface area (Å²) in [6.45, 7) is 3.24. The lowest BCUT2D eigenvalue weighted by molar-refractivity contribution is 0.0934. The van der Waals surface area contributed by atoms with Crippen LogP contribution in [0.25, 0.3) is 0 Å². The Hall–Kier alpha value is -1.52. The van der Waals surface area contributed by atoms with E-state index < -0.39 is 0 Å². The number of rotatable bonds is 5. The van der Waals surface area contributed by atoms with Gasteiger partial charge in [0.15, 0.2) is 17.5 Å². The van der Waals surface area contributed by atoms with Crippen LogP contribution in [0.3, 0.4) is 0 Å². The predicted octanol–water partition coefficient (Wildman–Crippen LogP) is 3.75. The lowest BCUT2D eigenvalue weighted by atomic mass is 9.88. The van der Waals surface area contributed by atoms with Crippen LogP contribution in [0.1, 0.15) is 23.8 Å². The van der Waals surface area contributed by atoms with Crippen molar-refractivity contribution in [3.05, 3.63) is 46.7 Å². The summed E-state index contributed by atoms with van der Waals surface area (Å²) in [5.41, 5.74) is 0. The summed E-state index contributed by atoms with van der Waals surface area (Å²) in [6, 6.07) is 12.7. The molecule has 3 unspecified atom stereocenters. The van der Waals surface area contributed by atoms with Crippen molar-refractivity contribution < 1.29 is 9.47 Å². The van der Waals surface area contributed by atoms with Crippen molar-refractivity contribution in [2.75, 3.05) is 40.3 Å². The van der Waals surface area contributed by atoms with Gasteiger partial charge in [-0.3, -0.25) is 9.89 Å². The maximum Gasteiger partial charge on any atom is 0.191 e. The number of guanidine groups is 1. The van der Waals surface area contributed by atoms with Crippen molar-refractivity contribution in [3.63, 3.8) is 0 Å². The highest BCUT2D eigenvalue weighted by Gasteiger charge is 2.31. The average molecular weight is 542 g/mol. The topological polar surface area (TPSA) is 58.1 Å². The number of hydrogen-bond donors (Lipinski definition) is 2. The van der Waals surface area contributed by atoms with Crippen LogP contribution in [-0.2, 0) is 0 Å². The van der Waals surface area contributed by atoms with Crippen LogP contribution in [0.2, 0.25) is 0 Å². The van der Waals surface area contributed by atoms with Crippen LogP contribution < -0.4 is 20.1 Å². The smallest absolute Gasteiger partial charge is 0.191 e. The molecule has 2 aliphatic rings. The Labute approximate surface area is 200 Å². The molecule has 1 saturated heterocycles. The first-order valence-electron chi connectivity index (χ1n) is 10.3. The van der Waals surface area contributed by atoms with Crippen molar-refractivity contribution in [3.8, 4) is 11.5 Å². The molecule has 1 aromatic heterocycles. The van der Waals surface area contributed by atoms with E-state index in [2.05, 4.69) is 45.1 Å². The Morgan fingerprint density at radius 3 is 2.73 bits per heavy atom. The molecule has 1 fully saturated rings. The fourth-order valence-electron chi connectivity index (χ4n) is 4.21. The van der Waals surface area contributed by atoms with Gasteiger partial charge in [0.2, 0.25) is 0 Å². The van der Waals surface area contributed by atoms with Gasteiger partial charge in [0.1, 0.15) is 12.7 Å². The summed E-state index contributed by atoms with van der Waals surface area (Å²) >= 11 is 1.85. The average Bonchev–Trinajstić information content (AvgIpc) is 3.28. The normalized spacial score (nSPS) is 24.1. The molecule has 4 rings (SSSR count). The number of aliphatic imine (C=N–C) groups is 1. The van der Waals surface area contributed by atoms with Gasteiger partial charge >= 0.3 is 0 Å². The number of halogens is 1. The maximum absolute atomic E-state index is 6.03. The van der Waals surface area contributed by atoms with Crippen molar-refractivity contribution in [1.82, 2.24) is 15.5 Å². The predicted molar refractivity (Wildman–Crippen MR) is 134 cm³/mol. The number of thiophene rings is 1. The minimum Gasteiger partial charge on any atom is -0.486 e. The van der Waals surface area contributed by atoms with Gasteiger partial charge in [0, 0.05) is 24.5 Å². The highest BCUT2D eigenvalue weighted by atomic mass is 127. The van der Waals surface area contributed by atoms with E-state index in [9.17, 15) is 0 Å². The zero-order valence-corrected chi connectivity index (χ0v) is 20.7. The van der Waals surface area contributed by atoms with E-state index in [1.807, 2.05) is 42.6 Å². The Morgan fingerprint density at radius 1 is 1.17 bits per heavy atom. The first kappa shape index (κ1) is 23.1. The van der Waals surface area contributed by atoms with Gasteiger partial charge in [0.05, 0.1) is 6.54 Å². The number of nitrogens with zero attached hydrogens (tertiary/aromatic N) is 2. The van der Waals surface area contributed by atoms with Crippen LogP contribution in [0.15, 0.2) is 46.8 Å². The van der Waals surface area contributed by atoms with Crippen molar-refractivity contribution >= 4 is 41.3 Å². The largest absolute Gasteiger partial charge is 0.486 e. The van der Waals surface area contributed by atoms with E-state index in [1.54, 1.807) is 0 Å². The van der Waals surface area contributed by atoms with E-state index in [4.69, 9.17) is 9.47 Å². The summed E-state index contributed by atoms with van der Waals surface area (Å²) in [7, 11) is 4.05. The Kier molecular flexibility index (Phi) is 8.64. The molecule has 8 heteroatoms. The Morgan fingerprint density at radius 2 is 1.97 bits per heavy atom. The SMILES string of the molecule is CN=C(NCC1COc2ccccc2O1)NCC1CCCN(C)C1c1cccs1.I. The minimum absolute atomic E-state index is 0. The quantitative estimate of drug-likeness (QED) is 0.343. The molecule has 0 bridgehead atoms. The van der Waals surface area contributed by atoms with Gasteiger partial charge in [0.25, 0.3) is 0 Å². The number of nitrogens with one attached hydrogen (secondary N) is 2. The molecule has 0 saturated carbocycles. The second-order valence-electron chi connectivity index (χ2n) is 7.67. The molecule has 30 heavy (non-hydrogen) atoms. The van der Waals surface area contributed by atoms with Crippen LogP contribution in [0.4, 0.5) is 0 Å². The monoisotopic (exact) mass is 542 g/mol. The summed E-state index contributed by atoms with van der Waals surface area (Å²) in [6.07, 6.45) is 2.43. The number of fused-ring (bicyclic) bond motifs is 1. The molecule has 2 N–H and O–H groups in total. The Bertz CT molecular complexity index is 817. The van der Waals surface area contributed by atoms with E-state index in [1.165, 1.54) is 17.7 Å². The zero-order chi connectivity index (χ0) is 20.1. The molecule has 0 amide bonds. The molecule has 0 radical (unpaired) electrons. The van der Waals surface area contributed by atoms with E-state index >= 15 is 0 Å². The summed E-state index contributed by atoms with van der Waals surface area (Å²) < 4.78 is 11.8. The van der Waals surface area contributed by atoms with E-state index in [0.29, 0.717) is 25.1 Å². The van der Waals surface area contributed by atoms with Crippen LogP contribution in [0.5, 0.6) is 11.5 Å². The fraction of sp³-hybridized carbons (Fsp3) is 0.500. The van der Waals surface area contributed by atoms with E-state index in [0.717, 1.165) is 30.5 Å². The number of likely N-dealkylation sites (tertiary alicyclic amines) is 1. The van der Waals surface area contributed by atoms with Gasteiger partial charge in [-0.15, -0.1) is 35.3 Å². The zero-order valence-electron chi connectivity index (χ0n) is 17.5. The molecule has 0 spiro atoms. The molecular formula is C22H31IN4O2S. The second kappa shape index (κ2) is 11.2. The summed E-state index contributed by atoms with van der Waals surface area (Å²) in [5, 5.41) is 9.10. The van der Waals surface area contributed by atoms with Gasteiger partial charge in [-0.2, -0.15) is 0 Å². The number of piperidine rings is 1. The first-order chi connectivity index (χ1) is 14.2. The van der Waals surface area contributed by atoms with Crippen molar-refractivity contribution in [2.45, 2.75) is 25.0 Å². The highest BCUT2D eigenvalue weighted by molar-refractivity contribution is 14.0. The first-order valence-corrected chi connectivity index (χ1v) is 11.2. The molecule has 1 aromatic carbocycles. The molecule has 3 heterocycles. The molecule has 0 aliphatic carbocycles. The van der Waals surface area contributed by atoms with Gasteiger partial charge in [-0.25, -0.2) is 0 Å². The standard InChI is InChI=1S/C22H30N4O2S.HI/c1-23-22(25-14-17-15-27-18-8-3-4-9-19(18)28-17)24-13-16-7-5-11-26(2)21(16)20-10-6-12-29-20;/h3-4,6,8-10,12,16-17,21H,5,7,11,13-15H2,1-2H3,(H2,23,24,25);1H. The molecule has 2 aromatic rings. The van der Waals surface area contributed by atoms with Crippen LogP contribution in [0, 0.1) is 5.92 Å². The van der Waals surface area contributed by atoms with Gasteiger partial charge in [-0.05, 0) is 55.9 Å². The maximum atomic E-state index is 6.03. The second-order valence-corrected chi connectivity index (χ2v) is 8.65. The van der Waals surface area contributed by atoms with Crippen molar-refractivity contribution in [1.29, 1.82) is 0 Å². The highest BCUT2D eigenvalue weighted by Crippen LogP contribution is 2.36. The molecule has 3 atom stereocenters. The third-order valence-electron chi connectivity index (χ3n) is 5.66. The van der Waals surface area contributed by atoms with Crippen LogP contribution >= 0.6 is 35.3 Å². The molecule has 164 valence electrons. The molecular weight excluding hydrogens is 511 g/mol. The van der Waals surface area contributed by atoms with Crippen LogP contribution in [-0.4, -0.2) is 57.3 Å². The lowest BCUT2D eigenvalue weighted by Crippen LogP contribution is -2.48. The summed E-state index contributed by atoms with van der Waals surface area (Å²) in [4.78, 5) is 8.34. The number of benzene rings is 1. The number of para-hydroxylation sites is 2. The number of hydrogen-bond acceptors (Lipinski definition) is 5. The lowest BCUT2D eigenvalue weighted by Gasteiger charge is -2.39. The van der Waals surface area contributed by atoms with Gasteiger partial charge < -0.3 is 20.1 Å². The minimum atomic E-state index is -0.0388. The van der Waals surface area contributed by atoms with Gasteiger partial charge in [-0.1, -0.05) is 18.2 Å². The van der Waals surface area contributed by atoms with E-state index in [-0.39, 0.29) is 30.1 Å². The molecule has 2 aliphatic heterocycles.